The number of methoxy groups -OCH3 is 4. The molecule has 0 fully saturated rings. The smallest absolute Gasteiger partial charge is 0.378 e. The van der Waals surface area contributed by atoms with Crippen LogP contribution in [0.3, 0.4) is 0 Å². The number of rotatable bonds is 11. The van der Waals surface area contributed by atoms with E-state index in [0.717, 1.165) is 5.41 Å². The van der Waals surface area contributed by atoms with E-state index in [4.69, 9.17) is 23.7 Å². The molecule has 0 radical (unpaired) electrons. The van der Waals surface area contributed by atoms with Crippen LogP contribution in [0.4, 0.5) is 0 Å². The fourth-order valence-electron chi connectivity index (χ4n) is 3.38. The molecule has 0 saturated carbocycles. The molecule has 36 heavy (non-hydrogen) atoms. The number of carbonyl (C=O) groups excluding carboxylic acids is 1. The summed E-state index contributed by atoms with van der Waals surface area (Å²) in [6, 6.07) is 13.3. The van der Waals surface area contributed by atoms with Crippen LogP contribution < -0.4 is 28.3 Å². The fraction of sp³-hybridized carbons (Fsp3) is 0.231. The third kappa shape index (κ3) is 6.98. The predicted octanol–water partition coefficient (Wildman–Crippen LogP) is 3.20. The highest BCUT2D eigenvalue weighted by molar-refractivity contribution is 7.93. The zero-order valence-electron chi connectivity index (χ0n) is 20.5. The molecule has 0 atom stereocenters. The minimum absolute atomic E-state index is 0.0131. The van der Waals surface area contributed by atoms with Gasteiger partial charge in [-0.2, -0.15) is 4.57 Å². The zero-order valence-corrected chi connectivity index (χ0v) is 21.3. The summed E-state index contributed by atoms with van der Waals surface area (Å²) < 4.78 is 54.1. The molecule has 0 spiro atoms. The van der Waals surface area contributed by atoms with E-state index in [9.17, 15) is 13.2 Å². The standard InChI is InChI=1S/C26H28NO8S/c1-31-20-15-23(33-3)21(24(16-20)34-4)10-13-36(29,30)18-19-8-9-22(32-2)25(14-19)35-26(28)17-27-11-6-5-7-12-27/h5-16H,17-18H2,1-4H3/q+1/b13-10+. The van der Waals surface area contributed by atoms with Crippen molar-refractivity contribution in [3.05, 3.63) is 77.5 Å². The second-order valence-electron chi connectivity index (χ2n) is 7.56. The Bertz CT molecular complexity index is 1310. The monoisotopic (exact) mass is 514 g/mol. The first-order valence-corrected chi connectivity index (χ1v) is 12.5. The molecule has 0 aliphatic heterocycles. The van der Waals surface area contributed by atoms with Crippen molar-refractivity contribution in [1.82, 2.24) is 0 Å². The van der Waals surface area contributed by atoms with Crippen molar-refractivity contribution in [1.29, 1.82) is 0 Å². The SMILES string of the molecule is COc1cc(OC)c(/C=C/S(=O)(=O)Cc2ccc(OC)c(OC(=O)C[n+]3ccccc3)c2)c(OC)c1. The molecule has 2 aromatic carbocycles. The Labute approximate surface area is 210 Å². The number of sulfone groups is 1. The van der Waals surface area contributed by atoms with Gasteiger partial charge in [0, 0.05) is 29.7 Å². The van der Waals surface area contributed by atoms with Gasteiger partial charge < -0.3 is 23.7 Å². The van der Waals surface area contributed by atoms with Crippen LogP contribution in [0.25, 0.3) is 6.08 Å². The number of pyridine rings is 1. The molecule has 9 nitrogen and oxygen atoms in total. The van der Waals surface area contributed by atoms with E-state index >= 15 is 0 Å². The summed E-state index contributed by atoms with van der Waals surface area (Å²) in [5.74, 6) is 0.893. The van der Waals surface area contributed by atoms with Crippen LogP contribution in [0.2, 0.25) is 0 Å². The first-order valence-electron chi connectivity index (χ1n) is 10.8. The topological polar surface area (TPSA) is 101 Å². The van der Waals surface area contributed by atoms with Crippen LogP contribution in [-0.2, 0) is 26.9 Å². The maximum Gasteiger partial charge on any atom is 0.378 e. The summed E-state index contributed by atoms with van der Waals surface area (Å²) in [6.07, 6.45) is 4.88. The Balaban J connectivity index is 1.81. The molecule has 190 valence electrons. The molecule has 0 amide bonds. The number of ether oxygens (including phenoxy) is 5. The molecule has 10 heteroatoms. The number of carbonyl (C=O) groups is 1. The average Bonchev–Trinajstić information content (AvgIpc) is 2.87. The van der Waals surface area contributed by atoms with Gasteiger partial charge in [0.15, 0.2) is 33.7 Å². The van der Waals surface area contributed by atoms with Crippen LogP contribution in [0.5, 0.6) is 28.7 Å². The van der Waals surface area contributed by atoms with Crippen molar-refractivity contribution in [3.63, 3.8) is 0 Å². The van der Waals surface area contributed by atoms with E-state index < -0.39 is 15.8 Å². The third-order valence-corrected chi connectivity index (χ3v) is 6.39. The largest absolute Gasteiger partial charge is 0.496 e. The minimum atomic E-state index is -3.72. The quantitative estimate of drug-likeness (QED) is 0.218. The zero-order chi connectivity index (χ0) is 26.1. The van der Waals surface area contributed by atoms with Gasteiger partial charge in [-0.25, -0.2) is 13.2 Å². The van der Waals surface area contributed by atoms with E-state index in [1.54, 1.807) is 53.4 Å². The van der Waals surface area contributed by atoms with Crippen molar-refractivity contribution >= 4 is 21.9 Å². The lowest BCUT2D eigenvalue weighted by Crippen LogP contribution is -2.38. The van der Waals surface area contributed by atoms with Crippen LogP contribution in [0, 0.1) is 0 Å². The highest BCUT2D eigenvalue weighted by Gasteiger charge is 2.18. The third-order valence-electron chi connectivity index (χ3n) is 5.10. The van der Waals surface area contributed by atoms with Gasteiger partial charge in [0.05, 0.1) is 39.8 Å². The Morgan fingerprint density at radius 2 is 1.47 bits per heavy atom. The lowest BCUT2D eigenvalue weighted by atomic mass is 10.1. The molecule has 3 aromatic rings. The molecule has 1 aromatic heterocycles. The number of esters is 1. The van der Waals surface area contributed by atoms with Crippen molar-refractivity contribution in [2.45, 2.75) is 12.3 Å². The molecule has 3 rings (SSSR count). The predicted molar refractivity (Wildman–Crippen MR) is 133 cm³/mol. The molecule has 0 saturated heterocycles. The minimum Gasteiger partial charge on any atom is -0.496 e. The van der Waals surface area contributed by atoms with Gasteiger partial charge in [0.25, 0.3) is 0 Å². The van der Waals surface area contributed by atoms with E-state index in [0.29, 0.717) is 34.1 Å². The van der Waals surface area contributed by atoms with Gasteiger partial charge in [0.2, 0.25) is 6.54 Å². The van der Waals surface area contributed by atoms with E-state index in [-0.39, 0.29) is 18.0 Å². The van der Waals surface area contributed by atoms with Crippen LogP contribution in [0.1, 0.15) is 11.1 Å². The molecule has 1 heterocycles. The van der Waals surface area contributed by atoms with E-state index in [2.05, 4.69) is 0 Å². The first-order chi connectivity index (χ1) is 17.3. The lowest BCUT2D eigenvalue weighted by Gasteiger charge is -2.12. The molecular formula is C26H28NO8S+. The summed E-state index contributed by atoms with van der Waals surface area (Å²) in [5.41, 5.74) is 0.872. The van der Waals surface area contributed by atoms with Crippen LogP contribution in [0.15, 0.2) is 66.3 Å². The maximum absolute atomic E-state index is 12.9. The molecule has 0 aliphatic carbocycles. The average molecular weight is 515 g/mol. The van der Waals surface area contributed by atoms with Gasteiger partial charge in [-0.3, -0.25) is 0 Å². The van der Waals surface area contributed by atoms with Crippen molar-refractivity contribution < 1.29 is 41.5 Å². The van der Waals surface area contributed by atoms with Crippen LogP contribution >= 0.6 is 0 Å². The maximum atomic E-state index is 12.9. The van der Waals surface area contributed by atoms with E-state index in [1.165, 1.54) is 40.6 Å². The van der Waals surface area contributed by atoms with Gasteiger partial charge in [-0.1, -0.05) is 12.1 Å². The Kier molecular flexibility index (Phi) is 8.91. The second kappa shape index (κ2) is 12.1. The van der Waals surface area contributed by atoms with Crippen molar-refractivity contribution in [3.8, 4) is 28.7 Å². The van der Waals surface area contributed by atoms with Gasteiger partial charge in [0.1, 0.15) is 17.2 Å². The number of aromatic nitrogens is 1. The van der Waals surface area contributed by atoms with E-state index in [1.807, 2.05) is 6.07 Å². The van der Waals surface area contributed by atoms with Crippen molar-refractivity contribution in [2.24, 2.45) is 0 Å². The summed E-state index contributed by atoms with van der Waals surface area (Å²) in [7, 11) is 2.16. The van der Waals surface area contributed by atoms with Gasteiger partial charge >= 0.3 is 5.97 Å². The van der Waals surface area contributed by atoms with Gasteiger partial charge in [-0.05, 0) is 23.8 Å². The molecule has 0 unspecified atom stereocenters. The molecular weight excluding hydrogens is 486 g/mol. The number of hydrogen-bond acceptors (Lipinski definition) is 8. The molecule has 0 aliphatic rings. The Hall–Kier alpha value is -4.05. The second-order valence-corrected chi connectivity index (χ2v) is 9.45. The normalized spacial score (nSPS) is 11.2. The Morgan fingerprint density at radius 3 is 2.06 bits per heavy atom. The fourth-order valence-corrected chi connectivity index (χ4v) is 4.47. The number of hydrogen-bond donors (Lipinski definition) is 0. The summed E-state index contributed by atoms with van der Waals surface area (Å²) >= 11 is 0. The Morgan fingerprint density at radius 1 is 0.833 bits per heavy atom. The highest BCUT2D eigenvalue weighted by atomic mass is 32.2. The molecule has 0 N–H and O–H groups in total. The highest BCUT2D eigenvalue weighted by Crippen LogP contribution is 2.35. The number of nitrogens with zero attached hydrogens (tertiary/aromatic N) is 1. The first kappa shape index (κ1) is 26.6. The summed E-state index contributed by atoms with van der Waals surface area (Å²) in [5, 5.41) is 1.09. The van der Waals surface area contributed by atoms with Crippen LogP contribution in [-0.4, -0.2) is 42.8 Å². The summed E-state index contributed by atoms with van der Waals surface area (Å²) in [6.45, 7) is -0.0131. The molecule has 0 bridgehead atoms. The lowest BCUT2D eigenvalue weighted by molar-refractivity contribution is -0.685. The summed E-state index contributed by atoms with van der Waals surface area (Å²) in [4.78, 5) is 12.4. The van der Waals surface area contributed by atoms with Crippen molar-refractivity contribution in [2.75, 3.05) is 28.4 Å². The number of benzene rings is 2. The van der Waals surface area contributed by atoms with Gasteiger partial charge in [-0.15, -0.1) is 0 Å².